The van der Waals surface area contributed by atoms with Crippen LogP contribution in [0.5, 0.6) is 0 Å². The predicted molar refractivity (Wildman–Crippen MR) is 72.8 cm³/mol. The average molecular weight is 252 g/mol. The Kier molecular flexibility index (Phi) is 2.52. The maximum Gasteiger partial charge on any atom is 0.200 e. The van der Waals surface area contributed by atoms with Crippen molar-refractivity contribution in [3.63, 3.8) is 0 Å². The lowest BCUT2D eigenvalue weighted by Gasteiger charge is -2.04. The highest BCUT2D eigenvalue weighted by Crippen LogP contribution is 2.21. The number of carbonyl (C=O) groups is 1. The molecule has 0 amide bonds. The summed E-state index contributed by atoms with van der Waals surface area (Å²) in [5, 5.41) is 4.92. The van der Waals surface area contributed by atoms with Crippen LogP contribution in [0.25, 0.3) is 10.9 Å². The summed E-state index contributed by atoms with van der Waals surface area (Å²) in [6.45, 7) is 0. The summed E-state index contributed by atoms with van der Waals surface area (Å²) >= 11 is 0. The van der Waals surface area contributed by atoms with E-state index < -0.39 is 0 Å². The van der Waals surface area contributed by atoms with Crippen LogP contribution in [0.15, 0.2) is 42.7 Å². The Labute approximate surface area is 109 Å². The van der Waals surface area contributed by atoms with Crippen LogP contribution in [0, 0.1) is 0 Å². The highest BCUT2D eigenvalue weighted by atomic mass is 16.1. The average Bonchev–Trinajstić information content (AvgIpc) is 2.78. The smallest absolute Gasteiger partial charge is 0.200 e. The largest absolute Gasteiger partial charge is 0.383 e. The summed E-state index contributed by atoms with van der Waals surface area (Å²) in [7, 11) is 1.70. The molecule has 0 saturated carbocycles. The van der Waals surface area contributed by atoms with Crippen LogP contribution in [-0.2, 0) is 7.05 Å². The predicted octanol–water partition coefficient (Wildman–Crippen LogP) is 1.78. The Hall–Kier alpha value is -2.69. The normalized spacial score (nSPS) is 10.8. The maximum absolute atomic E-state index is 12.5. The summed E-state index contributed by atoms with van der Waals surface area (Å²) < 4.78 is 1.48. The summed E-state index contributed by atoms with van der Waals surface area (Å²) in [6.07, 6.45) is 3.16. The number of ketones is 1. The van der Waals surface area contributed by atoms with E-state index in [1.807, 2.05) is 24.3 Å². The Morgan fingerprint density at radius 1 is 1.21 bits per heavy atom. The Bertz CT molecular complexity index is 771. The zero-order valence-electron chi connectivity index (χ0n) is 10.4. The van der Waals surface area contributed by atoms with Crippen molar-refractivity contribution in [1.82, 2.24) is 14.8 Å². The molecule has 0 atom stereocenters. The lowest BCUT2D eigenvalue weighted by atomic mass is 10.0. The van der Waals surface area contributed by atoms with Crippen molar-refractivity contribution in [3.05, 3.63) is 53.9 Å². The van der Waals surface area contributed by atoms with Crippen molar-refractivity contribution >= 4 is 22.5 Å². The summed E-state index contributed by atoms with van der Waals surface area (Å²) in [4.78, 5) is 16.8. The quantitative estimate of drug-likeness (QED) is 0.705. The van der Waals surface area contributed by atoms with Gasteiger partial charge < -0.3 is 5.73 Å². The molecule has 3 rings (SSSR count). The number of rotatable bonds is 2. The van der Waals surface area contributed by atoms with E-state index in [-0.39, 0.29) is 5.78 Å². The number of anilines is 1. The molecule has 0 saturated heterocycles. The van der Waals surface area contributed by atoms with Crippen LogP contribution >= 0.6 is 0 Å². The van der Waals surface area contributed by atoms with Gasteiger partial charge >= 0.3 is 0 Å². The summed E-state index contributed by atoms with van der Waals surface area (Å²) in [5.74, 6) is 0.202. The molecule has 0 spiro atoms. The third-order valence-corrected chi connectivity index (χ3v) is 3.11. The molecule has 3 aromatic rings. The highest BCUT2D eigenvalue weighted by Gasteiger charge is 2.18. The molecular formula is C14H12N4O. The number of fused-ring (bicyclic) bond motifs is 1. The summed E-state index contributed by atoms with van der Waals surface area (Å²) in [5.41, 5.74) is 7.47. The molecule has 0 bridgehead atoms. The van der Waals surface area contributed by atoms with Crippen LogP contribution in [0.4, 0.5) is 5.82 Å². The second kappa shape index (κ2) is 4.20. The number of nitrogens with two attached hydrogens (primary N) is 1. The van der Waals surface area contributed by atoms with E-state index in [0.717, 1.165) is 5.39 Å². The van der Waals surface area contributed by atoms with Gasteiger partial charge in [-0.05, 0) is 12.1 Å². The number of hydrogen-bond donors (Lipinski definition) is 1. The van der Waals surface area contributed by atoms with Crippen molar-refractivity contribution in [1.29, 1.82) is 0 Å². The zero-order valence-corrected chi connectivity index (χ0v) is 10.4. The number of nitrogen functional groups attached to an aromatic ring is 1. The fraction of sp³-hybridized carbons (Fsp3) is 0.0714. The number of pyridine rings is 1. The van der Waals surface area contributed by atoms with Crippen LogP contribution in [0.1, 0.15) is 15.9 Å². The Morgan fingerprint density at radius 2 is 2.00 bits per heavy atom. The van der Waals surface area contributed by atoms with Gasteiger partial charge in [0.1, 0.15) is 5.82 Å². The second-order valence-electron chi connectivity index (χ2n) is 4.28. The van der Waals surface area contributed by atoms with E-state index >= 15 is 0 Å². The number of aryl methyl sites for hydroxylation is 1. The van der Waals surface area contributed by atoms with Crippen molar-refractivity contribution in [2.24, 2.45) is 7.05 Å². The summed E-state index contributed by atoms with van der Waals surface area (Å²) in [6, 6.07) is 9.28. The van der Waals surface area contributed by atoms with Gasteiger partial charge in [0.2, 0.25) is 5.78 Å². The monoisotopic (exact) mass is 252 g/mol. The van der Waals surface area contributed by atoms with E-state index in [2.05, 4.69) is 10.1 Å². The Morgan fingerprint density at radius 3 is 2.74 bits per heavy atom. The number of carbonyl (C=O) groups excluding carboxylic acids is 1. The minimum atomic E-state index is -0.157. The molecule has 0 fully saturated rings. The van der Waals surface area contributed by atoms with E-state index in [0.29, 0.717) is 22.5 Å². The lowest BCUT2D eigenvalue weighted by Crippen LogP contribution is -2.07. The molecule has 0 aliphatic heterocycles. The molecule has 2 N–H and O–H groups in total. The van der Waals surface area contributed by atoms with Gasteiger partial charge in [-0.25, -0.2) is 0 Å². The first-order valence-corrected chi connectivity index (χ1v) is 5.84. The topological polar surface area (TPSA) is 73.8 Å². The van der Waals surface area contributed by atoms with Crippen LogP contribution < -0.4 is 5.73 Å². The van der Waals surface area contributed by atoms with Crippen molar-refractivity contribution in [3.8, 4) is 0 Å². The molecule has 0 aliphatic carbocycles. The third kappa shape index (κ3) is 1.76. The molecule has 5 heteroatoms. The number of para-hydroxylation sites is 1. The zero-order chi connectivity index (χ0) is 13.4. The maximum atomic E-state index is 12.5. The number of nitrogens with zero attached hydrogens (tertiary/aromatic N) is 3. The van der Waals surface area contributed by atoms with Gasteiger partial charge in [0, 0.05) is 24.2 Å². The number of hydrogen-bond acceptors (Lipinski definition) is 4. The van der Waals surface area contributed by atoms with Crippen molar-refractivity contribution in [2.45, 2.75) is 0 Å². The van der Waals surface area contributed by atoms with Gasteiger partial charge in [-0.15, -0.1) is 0 Å². The number of benzene rings is 1. The fourth-order valence-corrected chi connectivity index (χ4v) is 2.05. The lowest BCUT2D eigenvalue weighted by molar-refractivity contribution is 0.104. The molecule has 1 aromatic carbocycles. The van der Waals surface area contributed by atoms with Gasteiger partial charge in [-0.1, -0.05) is 18.2 Å². The van der Waals surface area contributed by atoms with Gasteiger partial charge in [-0.2, -0.15) is 5.10 Å². The first kappa shape index (κ1) is 11.4. The fourth-order valence-electron chi connectivity index (χ4n) is 2.05. The minimum absolute atomic E-state index is 0.157. The van der Waals surface area contributed by atoms with Crippen LogP contribution in [-0.4, -0.2) is 20.5 Å². The van der Waals surface area contributed by atoms with E-state index in [9.17, 15) is 4.79 Å². The molecule has 94 valence electrons. The molecular weight excluding hydrogens is 240 g/mol. The van der Waals surface area contributed by atoms with Crippen molar-refractivity contribution < 1.29 is 4.79 Å². The number of aromatic nitrogens is 3. The minimum Gasteiger partial charge on any atom is -0.383 e. The van der Waals surface area contributed by atoms with Crippen LogP contribution in [0.3, 0.4) is 0 Å². The molecule has 0 unspecified atom stereocenters. The van der Waals surface area contributed by atoms with Gasteiger partial charge in [0.25, 0.3) is 0 Å². The van der Waals surface area contributed by atoms with Gasteiger partial charge in [-0.3, -0.25) is 14.5 Å². The molecule has 2 aromatic heterocycles. The highest BCUT2D eigenvalue weighted by molar-refractivity contribution is 6.17. The van der Waals surface area contributed by atoms with Crippen LogP contribution in [0.2, 0.25) is 0 Å². The van der Waals surface area contributed by atoms with E-state index in [1.165, 1.54) is 10.9 Å². The molecule has 2 heterocycles. The van der Waals surface area contributed by atoms with E-state index in [1.54, 1.807) is 19.3 Å². The molecule has 0 aliphatic rings. The SMILES string of the molecule is Cn1ncc(C(=O)c2cccc3cccnc23)c1N. The van der Waals surface area contributed by atoms with Gasteiger partial charge in [0.05, 0.1) is 17.3 Å². The van der Waals surface area contributed by atoms with E-state index in [4.69, 9.17) is 5.73 Å². The molecule has 5 nitrogen and oxygen atoms in total. The molecule has 19 heavy (non-hydrogen) atoms. The first-order valence-electron chi connectivity index (χ1n) is 5.84. The van der Waals surface area contributed by atoms with Crippen molar-refractivity contribution in [2.75, 3.05) is 5.73 Å². The Balaban J connectivity index is 2.20. The molecule has 0 radical (unpaired) electrons. The second-order valence-corrected chi connectivity index (χ2v) is 4.28. The first-order chi connectivity index (χ1) is 9.18. The standard InChI is InChI=1S/C14H12N4O/c1-18-14(15)11(8-17-18)13(19)10-6-2-4-9-5-3-7-16-12(9)10/h2-8H,15H2,1H3. The third-order valence-electron chi connectivity index (χ3n) is 3.11. The van der Waals surface area contributed by atoms with Gasteiger partial charge in [0.15, 0.2) is 0 Å².